The number of hydrogen-bond acceptors (Lipinski definition) is 6. The second-order valence-electron chi connectivity index (χ2n) is 6.55. The van der Waals surface area contributed by atoms with Crippen molar-refractivity contribution in [2.24, 2.45) is 0 Å². The first-order chi connectivity index (χ1) is 15.0. The molecular formula is C22H15ClN4O4. The van der Waals surface area contributed by atoms with Gasteiger partial charge in [-0.2, -0.15) is 0 Å². The molecule has 0 aliphatic rings. The molecule has 0 fully saturated rings. The van der Waals surface area contributed by atoms with Crippen molar-refractivity contribution >= 4 is 39.8 Å². The highest BCUT2D eigenvalue weighted by atomic mass is 35.5. The van der Waals surface area contributed by atoms with E-state index in [0.29, 0.717) is 27.4 Å². The number of methoxy groups -OCH3 is 1. The number of nitrogens with zero attached hydrogens (tertiary/aromatic N) is 3. The predicted molar refractivity (Wildman–Crippen MR) is 118 cm³/mol. The number of fused-ring (bicyclic) bond motifs is 1. The number of hydrogen-bond donors (Lipinski definition) is 1. The number of ether oxygens (including phenoxy) is 1. The Morgan fingerprint density at radius 2 is 1.87 bits per heavy atom. The van der Waals surface area contributed by atoms with Crippen LogP contribution in [0.2, 0.25) is 5.02 Å². The summed E-state index contributed by atoms with van der Waals surface area (Å²) in [6, 6.07) is 14.4. The van der Waals surface area contributed by atoms with Gasteiger partial charge in [-0.15, -0.1) is 0 Å². The van der Waals surface area contributed by atoms with Crippen molar-refractivity contribution in [2.75, 3.05) is 12.4 Å². The van der Waals surface area contributed by atoms with Gasteiger partial charge in [0.15, 0.2) is 0 Å². The minimum atomic E-state index is -0.581. The standard InChI is InChI=1S/C22H15ClN4O4/c1-31-15-3-5-19(21(11-15)27(29)30)26-22(28)17-12-20(13-6-8-24-9-7-13)25-18-4-2-14(23)10-16(17)18/h2-12H,1H3,(H,26,28). The average molecular weight is 435 g/mol. The van der Waals surface area contributed by atoms with Gasteiger partial charge in [0.05, 0.1) is 34.9 Å². The zero-order valence-electron chi connectivity index (χ0n) is 16.2. The van der Waals surface area contributed by atoms with Crippen molar-refractivity contribution in [3.8, 4) is 17.0 Å². The molecule has 0 aliphatic heterocycles. The molecule has 0 saturated carbocycles. The van der Waals surface area contributed by atoms with Gasteiger partial charge in [0.25, 0.3) is 11.6 Å². The Morgan fingerprint density at radius 1 is 1.10 bits per heavy atom. The summed E-state index contributed by atoms with van der Waals surface area (Å²) in [5.74, 6) is -0.218. The maximum absolute atomic E-state index is 13.2. The first kappa shape index (κ1) is 20.2. The maximum Gasteiger partial charge on any atom is 0.296 e. The second kappa shape index (κ2) is 8.37. The van der Waals surface area contributed by atoms with E-state index in [1.54, 1.807) is 48.8 Å². The van der Waals surface area contributed by atoms with E-state index in [4.69, 9.17) is 16.3 Å². The van der Waals surface area contributed by atoms with Crippen molar-refractivity contribution in [3.05, 3.63) is 87.7 Å². The van der Waals surface area contributed by atoms with Crippen LogP contribution < -0.4 is 10.1 Å². The number of rotatable bonds is 5. The molecule has 154 valence electrons. The van der Waals surface area contributed by atoms with E-state index in [-0.39, 0.29) is 16.9 Å². The molecule has 2 aromatic heterocycles. The Kier molecular flexibility index (Phi) is 5.46. The summed E-state index contributed by atoms with van der Waals surface area (Å²) in [6.07, 6.45) is 3.26. The summed E-state index contributed by atoms with van der Waals surface area (Å²) in [6.45, 7) is 0. The molecule has 31 heavy (non-hydrogen) atoms. The van der Waals surface area contributed by atoms with Crippen LogP contribution in [-0.4, -0.2) is 27.9 Å². The van der Waals surface area contributed by atoms with Gasteiger partial charge in [0.1, 0.15) is 11.4 Å². The molecule has 0 saturated heterocycles. The molecule has 9 heteroatoms. The summed E-state index contributed by atoms with van der Waals surface area (Å²) in [5, 5.41) is 15.1. The third-order valence-corrected chi connectivity index (χ3v) is 4.88. The van der Waals surface area contributed by atoms with Crippen molar-refractivity contribution in [1.29, 1.82) is 0 Å². The topological polar surface area (TPSA) is 107 Å². The minimum absolute atomic E-state index is 0.0493. The molecule has 2 aromatic carbocycles. The number of nitro benzene ring substituents is 1. The number of carbonyl (C=O) groups is 1. The lowest BCUT2D eigenvalue weighted by molar-refractivity contribution is -0.384. The summed E-state index contributed by atoms with van der Waals surface area (Å²) in [5.41, 5.74) is 1.95. The van der Waals surface area contributed by atoms with Gasteiger partial charge in [-0.3, -0.25) is 19.9 Å². The fourth-order valence-corrected chi connectivity index (χ4v) is 3.31. The van der Waals surface area contributed by atoms with Crippen LogP contribution in [0.5, 0.6) is 5.75 Å². The Morgan fingerprint density at radius 3 is 2.58 bits per heavy atom. The Labute approximate surface area is 181 Å². The van der Waals surface area contributed by atoms with Crippen LogP contribution in [0.3, 0.4) is 0 Å². The molecule has 8 nitrogen and oxygen atoms in total. The Hall–Kier alpha value is -4.04. The first-order valence-corrected chi connectivity index (χ1v) is 9.48. The quantitative estimate of drug-likeness (QED) is 0.345. The van der Waals surface area contributed by atoms with Crippen LogP contribution in [-0.2, 0) is 0 Å². The molecule has 2 heterocycles. The molecule has 0 bridgehead atoms. The van der Waals surface area contributed by atoms with Crippen LogP contribution >= 0.6 is 11.6 Å². The van der Waals surface area contributed by atoms with E-state index in [2.05, 4.69) is 15.3 Å². The summed E-state index contributed by atoms with van der Waals surface area (Å²) in [7, 11) is 1.41. The number of halogens is 1. The molecule has 0 spiro atoms. The molecular weight excluding hydrogens is 420 g/mol. The monoisotopic (exact) mass is 434 g/mol. The van der Waals surface area contributed by atoms with E-state index >= 15 is 0 Å². The maximum atomic E-state index is 13.2. The van der Waals surface area contributed by atoms with Crippen LogP contribution in [0.25, 0.3) is 22.2 Å². The minimum Gasteiger partial charge on any atom is -0.496 e. The fraction of sp³-hybridized carbons (Fsp3) is 0.0455. The van der Waals surface area contributed by atoms with Gasteiger partial charge in [-0.05, 0) is 48.5 Å². The largest absolute Gasteiger partial charge is 0.496 e. The molecule has 0 aliphatic carbocycles. The van der Waals surface area contributed by atoms with Crippen molar-refractivity contribution < 1.29 is 14.5 Å². The van der Waals surface area contributed by atoms with Gasteiger partial charge in [0.2, 0.25) is 0 Å². The lowest BCUT2D eigenvalue weighted by Crippen LogP contribution is -2.14. The van der Waals surface area contributed by atoms with Crippen LogP contribution in [0.1, 0.15) is 10.4 Å². The van der Waals surface area contributed by atoms with Crippen LogP contribution in [0.4, 0.5) is 11.4 Å². The van der Waals surface area contributed by atoms with Crippen LogP contribution in [0.15, 0.2) is 67.0 Å². The number of benzene rings is 2. The third kappa shape index (κ3) is 4.15. The molecule has 1 N–H and O–H groups in total. The molecule has 0 atom stereocenters. The lowest BCUT2D eigenvalue weighted by Gasteiger charge is -2.12. The van der Waals surface area contributed by atoms with E-state index < -0.39 is 10.8 Å². The zero-order chi connectivity index (χ0) is 22.0. The number of nitrogens with one attached hydrogen (secondary N) is 1. The lowest BCUT2D eigenvalue weighted by atomic mass is 10.0. The number of nitro groups is 1. The van der Waals surface area contributed by atoms with Gasteiger partial charge < -0.3 is 10.1 Å². The van der Waals surface area contributed by atoms with E-state index in [0.717, 1.165) is 5.56 Å². The average Bonchev–Trinajstić information content (AvgIpc) is 2.79. The zero-order valence-corrected chi connectivity index (χ0v) is 17.0. The van der Waals surface area contributed by atoms with E-state index in [1.165, 1.54) is 25.3 Å². The number of amides is 1. The van der Waals surface area contributed by atoms with E-state index in [1.807, 2.05) is 0 Å². The highest BCUT2D eigenvalue weighted by Gasteiger charge is 2.20. The van der Waals surface area contributed by atoms with E-state index in [9.17, 15) is 14.9 Å². The van der Waals surface area contributed by atoms with Crippen molar-refractivity contribution in [1.82, 2.24) is 9.97 Å². The molecule has 4 aromatic rings. The second-order valence-corrected chi connectivity index (χ2v) is 6.98. The van der Waals surface area contributed by atoms with Gasteiger partial charge in [0, 0.05) is 28.4 Å². The summed E-state index contributed by atoms with van der Waals surface area (Å²) >= 11 is 6.14. The Bertz CT molecular complexity index is 1310. The summed E-state index contributed by atoms with van der Waals surface area (Å²) in [4.78, 5) is 32.7. The summed E-state index contributed by atoms with van der Waals surface area (Å²) < 4.78 is 5.04. The molecule has 0 radical (unpaired) electrons. The number of carbonyl (C=O) groups excluding carboxylic acids is 1. The fourth-order valence-electron chi connectivity index (χ4n) is 3.14. The third-order valence-electron chi connectivity index (χ3n) is 4.64. The normalized spacial score (nSPS) is 10.6. The van der Waals surface area contributed by atoms with Gasteiger partial charge in [-0.1, -0.05) is 11.6 Å². The van der Waals surface area contributed by atoms with Crippen molar-refractivity contribution in [2.45, 2.75) is 0 Å². The highest BCUT2D eigenvalue weighted by molar-refractivity contribution is 6.31. The molecule has 4 rings (SSSR count). The van der Waals surface area contributed by atoms with Gasteiger partial charge >= 0.3 is 0 Å². The first-order valence-electron chi connectivity index (χ1n) is 9.11. The molecule has 1 amide bonds. The smallest absolute Gasteiger partial charge is 0.296 e. The van der Waals surface area contributed by atoms with Crippen LogP contribution in [0, 0.1) is 10.1 Å². The number of aromatic nitrogens is 2. The van der Waals surface area contributed by atoms with Crippen molar-refractivity contribution in [3.63, 3.8) is 0 Å². The number of pyridine rings is 2. The number of anilines is 1. The highest BCUT2D eigenvalue weighted by Crippen LogP contribution is 2.31. The van der Waals surface area contributed by atoms with Gasteiger partial charge in [-0.25, -0.2) is 4.98 Å². The molecule has 0 unspecified atom stereocenters. The Balaban J connectivity index is 1.82. The predicted octanol–water partition coefficient (Wildman–Crippen LogP) is 5.12. The SMILES string of the molecule is COc1ccc(NC(=O)c2cc(-c3ccncc3)nc3ccc(Cl)cc23)c([N+](=O)[O-])c1.